The summed E-state index contributed by atoms with van der Waals surface area (Å²) < 4.78 is 5.91. The molecule has 0 bridgehead atoms. The first-order valence-corrected chi connectivity index (χ1v) is 14.2. The maximum absolute atomic E-state index is 13.1. The quantitative estimate of drug-likeness (QED) is 0.124. The van der Waals surface area contributed by atoms with Gasteiger partial charge >= 0.3 is 5.97 Å². The average Bonchev–Trinajstić information content (AvgIpc) is 3.02. The summed E-state index contributed by atoms with van der Waals surface area (Å²) in [4.78, 5) is 39.7. The molecular weight excluding hydrogens is 528 g/mol. The number of nitrogens with zero attached hydrogens (tertiary/aromatic N) is 1. The number of nitrogens with one attached hydrogen (secondary N) is 1. The van der Waals surface area contributed by atoms with Gasteiger partial charge < -0.3 is 20.1 Å². The van der Waals surface area contributed by atoms with Gasteiger partial charge in [0.05, 0.1) is 6.61 Å². The van der Waals surface area contributed by atoms with E-state index in [4.69, 9.17) is 4.74 Å². The van der Waals surface area contributed by atoms with Crippen LogP contribution in [-0.2, 0) is 16.0 Å². The van der Waals surface area contributed by atoms with E-state index in [-0.39, 0.29) is 18.1 Å². The molecule has 0 spiro atoms. The molecule has 1 unspecified atom stereocenters. The molecule has 1 amide bonds. The number of carbonyl (C=O) groups excluding carboxylic acids is 2. The lowest BCUT2D eigenvalue weighted by atomic mass is 10.00. The van der Waals surface area contributed by atoms with Gasteiger partial charge in [0.2, 0.25) is 5.91 Å². The first kappa shape index (κ1) is 30.1. The summed E-state index contributed by atoms with van der Waals surface area (Å²) >= 11 is 0. The van der Waals surface area contributed by atoms with Crippen molar-refractivity contribution in [3.63, 3.8) is 0 Å². The van der Waals surface area contributed by atoms with Crippen LogP contribution in [0.2, 0.25) is 0 Å². The van der Waals surface area contributed by atoms with E-state index in [0.717, 1.165) is 17.7 Å². The van der Waals surface area contributed by atoms with Crippen LogP contribution in [-0.4, -0.2) is 42.0 Å². The van der Waals surface area contributed by atoms with Gasteiger partial charge in [-0.3, -0.25) is 9.59 Å². The monoisotopic (exact) mass is 564 g/mol. The molecule has 1 atom stereocenters. The number of hydrogen-bond donors (Lipinski definition) is 2. The second-order valence-corrected chi connectivity index (χ2v) is 9.96. The summed E-state index contributed by atoms with van der Waals surface area (Å²) in [6.45, 7) is 2.99. The molecule has 7 nitrogen and oxygen atoms in total. The Hall–Kier alpha value is -4.91. The van der Waals surface area contributed by atoms with E-state index in [1.807, 2.05) is 67.6 Å². The Morgan fingerprint density at radius 1 is 0.833 bits per heavy atom. The number of rotatable bonds is 15. The smallest absolute Gasteiger partial charge is 0.326 e. The topological polar surface area (TPSA) is 95.9 Å². The third kappa shape index (κ3) is 8.30. The van der Waals surface area contributed by atoms with Crippen LogP contribution in [0.3, 0.4) is 0 Å². The summed E-state index contributed by atoms with van der Waals surface area (Å²) in [6.07, 6.45) is 2.17. The second kappa shape index (κ2) is 15.2. The maximum atomic E-state index is 13.1. The lowest BCUT2D eigenvalue weighted by molar-refractivity contribution is -0.137. The van der Waals surface area contributed by atoms with Crippen molar-refractivity contribution in [3.8, 4) is 5.75 Å². The molecule has 216 valence electrons. The zero-order valence-electron chi connectivity index (χ0n) is 23.7. The van der Waals surface area contributed by atoms with Crippen molar-refractivity contribution in [1.82, 2.24) is 0 Å². The highest BCUT2D eigenvalue weighted by Crippen LogP contribution is 2.22. The SMILES string of the molecule is CCCC(=O)N(CCCOc1ccc(CC(Nc2ccccc2C(=O)c2ccccc2)C(=O)O)cc1)c1ccccc1. The number of ether oxygens (including phenoxy) is 1. The zero-order chi connectivity index (χ0) is 29.7. The number of ketones is 1. The highest BCUT2D eigenvalue weighted by molar-refractivity contribution is 6.12. The third-order valence-electron chi connectivity index (χ3n) is 6.83. The summed E-state index contributed by atoms with van der Waals surface area (Å²) in [5.41, 5.74) is 3.12. The van der Waals surface area contributed by atoms with E-state index in [9.17, 15) is 19.5 Å². The van der Waals surface area contributed by atoms with Gasteiger partial charge in [-0.1, -0.05) is 79.7 Å². The third-order valence-corrected chi connectivity index (χ3v) is 6.83. The van der Waals surface area contributed by atoms with Crippen molar-refractivity contribution in [3.05, 3.63) is 126 Å². The molecule has 0 aliphatic heterocycles. The summed E-state index contributed by atoms with van der Waals surface area (Å²) in [5.74, 6) is -0.422. The van der Waals surface area contributed by atoms with Gasteiger partial charge in [-0.25, -0.2) is 4.79 Å². The number of benzene rings is 4. The predicted molar refractivity (Wildman–Crippen MR) is 165 cm³/mol. The van der Waals surface area contributed by atoms with E-state index in [2.05, 4.69) is 5.32 Å². The number of anilines is 2. The lowest BCUT2D eigenvalue weighted by Gasteiger charge is -2.23. The first-order chi connectivity index (χ1) is 20.5. The fourth-order valence-corrected chi connectivity index (χ4v) is 4.66. The normalized spacial score (nSPS) is 11.4. The Morgan fingerprint density at radius 2 is 1.48 bits per heavy atom. The van der Waals surface area contributed by atoms with Crippen LogP contribution in [0.15, 0.2) is 109 Å². The Kier molecular flexibility index (Phi) is 10.9. The second-order valence-electron chi connectivity index (χ2n) is 9.96. The summed E-state index contributed by atoms with van der Waals surface area (Å²) in [5, 5.41) is 13.0. The standard InChI is InChI=1S/C35H36N2O5/c1-2-12-33(38)37(28-15-7-4-8-16-28)23-11-24-42-29-21-19-26(20-22-29)25-32(35(40)41)36-31-18-10-9-17-30(31)34(39)27-13-5-3-6-14-27/h3-10,13-22,32,36H,2,11-12,23-25H2,1H3,(H,40,41). The molecule has 42 heavy (non-hydrogen) atoms. The minimum atomic E-state index is -1.02. The molecule has 2 N–H and O–H groups in total. The molecule has 0 radical (unpaired) electrons. The largest absolute Gasteiger partial charge is 0.494 e. The molecule has 0 aromatic heterocycles. The van der Waals surface area contributed by atoms with Crippen LogP contribution in [0.5, 0.6) is 5.75 Å². The Labute approximate surface area is 246 Å². The summed E-state index contributed by atoms with van der Waals surface area (Å²) in [6, 6.07) is 31.9. The number of aliphatic carboxylic acids is 1. The number of hydrogen-bond acceptors (Lipinski definition) is 5. The van der Waals surface area contributed by atoms with E-state index in [0.29, 0.717) is 48.6 Å². The van der Waals surface area contributed by atoms with E-state index < -0.39 is 12.0 Å². The van der Waals surface area contributed by atoms with Gasteiger partial charge in [0.15, 0.2) is 5.78 Å². The van der Waals surface area contributed by atoms with Crippen LogP contribution in [0.1, 0.15) is 47.7 Å². The molecule has 0 saturated heterocycles. The molecule has 0 aliphatic carbocycles. The number of carboxylic acids is 1. The van der Waals surface area contributed by atoms with Gasteiger partial charge in [-0.05, 0) is 54.8 Å². The number of carbonyl (C=O) groups is 3. The zero-order valence-corrected chi connectivity index (χ0v) is 23.7. The minimum absolute atomic E-state index is 0.0988. The minimum Gasteiger partial charge on any atom is -0.494 e. The predicted octanol–water partition coefficient (Wildman–Crippen LogP) is 6.63. The molecular formula is C35H36N2O5. The maximum Gasteiger partial charge on any atom is 0.326 e. The van der Waals surface area contributed by atoms with Gasteiger partial charge in [0.1, 0.15) is 11.8 Å². The van der Waals surface area contributed by atoms with E-state index in [1.165, 1.54) is 0 Å². The van der Waals surface area contributed by atoms with E-state index in [1.54, 1.807) is 53.4 Å². The van der Waals surface area contributed by atoms with Crippen LogP contribution in [0.25, 0.3) is 0 Å². The Balaban J connectivity index is 1.34. The van der Waals surface area contributed by atoms with Crippen LogP contribution < -0.4 is 15.0 Å². The molecule has 0 heterocycles. The van der Waals surface area contributed by atoms with E-state index >= 15 is 0 Å². The molecule has 0 saturated carbocycles. The van der Waals surface area contributed by atoms with Crippen molar-refractivity contribution < 1.29 is 24.2 Å². The highest BCUT2D eigenvalue weighted by Gasteiger charge is 2.21. The molecule has 7 heteroatoms. The Morgan fingerprint density at radius 3 is 2.14 bits per heavy atom. The van der Waals surface area contributed by atoms with Crippen molar-refractivity contribution in [2.24, 2.45) is 0 Å². The van der Waals surface area contributed by atoms with Crippen molar-refractivity contribution in [1.29, 1.82) is 0 Å². The molecule has 0 fully saturated rings. The van der Waals surface area contributed by atoms with Gasteiger partial charge in [-0.2, -0.15) is 0 Å². The van der Waals surface area contributed by atoms with Crippen molar-refractivity contribution in [2.75, 3.05) is 23.4 Å². The number of amides is 1. The fourth-order valence-electron chi connectivity index (χ4n) is 4.66. The number of carboxylic acid groups (broad SMARTS) is 1. The molecule has 4 rings (SSSR count). The molecule has 4 aromatic rings. The first-order valence-electron chi connectivity index (χ1n) is 14.2. The molecule has 0 aliphatic rings. The lowest BCUT2D eigenvalue weighted by Crippen LogP contribution is -2.32. The van der Waals surface area contributed by atoms with Crippen molar-refractivity contribution >= 4 is 29.0 Å². The van der Waals surface area contributed by atoms with Gasteiger partial charge in [-0.15, -0.1) is 0 Å². The van der Waals surface area contributed by atoms with Crippen LogP contribution in [0.4, 0.5) is 11.4 Å². The Bertz CT molecular complexity index is 1460. The van der Waals surface area contributed by atoms with Crippen LogP contribution >= 0.6 is 0 Å². The van der Waals surface area contributed by atoms with Gasteiger partial charge in [0, 0.05) is 41.9 Å². The summed E-state index contributed by atoms with van der Waals surface area (Å²) in [7, 11) is 0. The molecule has 4 aromatic carbocycles. The van der Waals surface area contributed by atoms with Gasteiger partial charge in [0.25, 0.3) is 0 Å². The van der Waals surface area contributed by atoms with Crippen LogP contribution in [0, 0.1) is 0 Å². The highest BCUT2D eigenvalue weighted by atomic mass is 16.5. The van der Waals surface area contributed by atoms with Crippen molar-refractivity contribution in [2.45, 2.75) is 38.6 Å². The number of para-hydroxylation sites is 2. The fraction of sp³-hybridized carbons (Fsp3) is 0.229. The average molecular weight is 565 g/mol.